The number of hydrogen-bond donors (Lipinski definition) is 0. The average Bonchev–Trinajstić information content (AvgIpc) is 3.18. The summed E-state index contributed by atoms with van der Waals surface area (Å²) in [5.41, 5.74) is 5.41. The quantitative estimate of drug-likeness (QED) is 0.441. The second-order valence-corrected chi connectivity index (χ2v) is 11.4. The zero-order valence-electron chi connectivity index (χ0n) is 20.9. The Balaban J connectivity index is 1.67. The highest BCUT2D eigenvalue weighted by atomic mass is 32.1. The van der Waals surface area contributed by atoms with Gasteiger partial charge in [-0.05, 0) is 74.1 Å². The van der Waals surface area contributed by atoms with Crippen molar-refractivity contribution in [2.45, 2.75) is 59.8 Å². The Hall–Kier alpha value is -2.46. The minimum absolute atomic E-state index is 0.0365. The summed E-state index contributed by atoms with van der Waals surface area (Å²) in [6.07, 6.45) is 6.09. The third-order valence-corrected chi connectivity index (χ3v) is 9.45. The largest absolute Gasteiger partial charge is 0.374 e. The van der Waals surface area contributed by atoms with Crippen molar-refractivity contribution < 1.29 is 4.79 Å². The van der Waals surface area contributed by atoms with E-state index >= 15 is 0 Å². The lowest BCUT2D eigenvalue weighted by Crippen LogP contribution is -2.42. The number of hydrogen-bond acceptors (Lipinski definition) is 3. The van der Waals surface area contributed by atoms with Gasteiger partial charge in [-0.25, -0.2) is 0 Å². The number of thiocarbonyl (C=S) groups is 1. The van der Waals surface area contributed by atoms with Crippen molar-refractivity contribution in [1.29, 1.82) is 0 Å². The zero-order chi connectivity index (χ0) is 24.1. The number of carbonyl (C=O) groups excluding carboxylic acids is 1. The summed E-state index contributed by atoms with van der Waals surface area (Å²) >= 11 is 6.32. The van der Waals surface area contributed by atoms with Crippen LogP contribution >= 0.6 is 12.2 Å². The number of allylic oxidation sites excluding steroid dienone is 1. The van der Waals surface area contributed by atoms with E-state index in [2.05, 4.69) is 25.7 Å². The molecule has 4 heteroatoms. The maximum atomic E-state index is 14.1. The molecule has 178 valence electrons. The van der Waals surface area contributed by atoms with E-state index in [0.29, 0.717) is 16.5 Å². The van der Waals surface area contributed by atoms with Crippen molar-refractivity contribution in [1.82, 2.24) is 4.90 Å². The van der Waals surface area contributed by atoms with E-state index in [0.717, 1.165) is 30.8 Å². The first kappa shape index (κ1) is 23.3. The van der Waals surface area contributed by atoms with Gasteiger partial charge in [0.2, 0.25) is 0 Å². The number of anilines is 1. The number of aryl methyl sites for hydroxylation is 1. The number of carbonyl (C=O) groups is 1. The number of benzene rings is 2. The standard InChI is InChI=1S/C30H36N2OS/c1-21-13-9-10-16-23(21)27(33)32(22-14-7-5-8-15-22)28(34)25-24-17-18-30(4,29(24,2)3)26(25)31-19-11-6-12-20-31/h5,7-10,13-16,24H,6,11-12,17-20H2,1-4H3. The number of rotatable bonds is 4. The van der Waals surface area contributed by atoms with E-state index in [9.17, 15) is 4.79 Å². The normalized spacial score (nSPS) is 25.5. The maximum Gasteiger partial charge on any atom is 0.263 e. The van der Waals surface area contributed by atoms with Gasteiger partial charge in [-0.1, -0.05) is 69.4 Å². The van der Waals surface area contributed by atoms with Crippen molar-refractivity contribution in [3.63, 3.8) is 0 Å². The zero-order valence-corrected chi connectivity index (χ0v) is 21.8. The fourth-order valence-corrected chi connectivity index (χ4v) is 7.16. The molecule has 2 fully saturated rings. The minimum Gasteiger partial charge on any atom is -0.374 e. The number of amides is 1. The van der Waals surface area contributed by atoms with Crippen LogP contribution in [0.2, 0.25) is 0 Å². The lowest BCUT2D eigenvalue weighted by atomic mass is 9.69. The monoisotopic (exact) mass is 472 g/mol. The summed E-state index contributed by atoms with van der Waals surface area (Å²) < 4.78 is 0. The first-order chi connectivity index (χ1) is 16.3. The molecule has 3 aliphatic rings. The molecule has 2 aromatic rings. The highest BCUT2D eigenvalue weighted by Gasteiger charge is 2.63. The number of fused-ring (bicyclic) bond motifs is 2. The molecule has 1 saturated carbocycles. The molecule has 0 N–H and O–H groups in total. The van der Waals surface area contributed by atoms with Crippen LogP contribution < -0.4 is 4.90 Å². The van der Waals surface area contributed by atoms with E-state index < -0.39 is 0 Å². The third-order valence-electron chi connectivity index (χ3n) is 9.05. The summed E-state index contributed by atoms with van der Waals surface area (Å²) in [5, 5.41) is 0. The van der Waals surface area contributed by atoms with Crippen LogP contribution in [0, 0.1) is 23.7 Å². The van der Waals surface area contributed by atoms with Gasteiger partial charge in [0.25, 0.3) is 5.91 Å². The topological polar surface area (TPSA) is 23.6 Å². The lowest BCUT2D eigenvalue weighted by Gasteiger charge is -2.43. The Labute approximate surface area is 209 Å². The molecule has 2 atom stereocenters. The molecule has 0 radical (unpaired) electrons. The van der Waals surface area contributed by atoms with Gasteiger partial charge in [-0.3, -0.25) is 9.69 Å². The fraction of sp³-hybridized carbons (Fsp3) is 0.467. The minimum atomic E-state index is -0.0365. The Kier molecular flexibility index (Phi) is 5.92. The van der Waals surface area contributed by atoms with Crippen LogP contribution in [0.4, 0.5) is 5.69 Å². The molecule has 0 aromatic heterocycles. The number of nitrogens with zero attached hydrogens (tertiary/aromatic N) is 2. The molecule has 0 spiro atoms. The molecule has 1 amide bonds. The van der Waals surface area contributed by atoms with Crippen molar-refractivity contribution in [2.24, 2.45) is 16.7 Å². The van der Waals surface area contributed by atoms with Gasteiger partial charge in [0, 0.05) is 35.3 Å². The fourth-order valence-electron chi connectivity index (χ4n) is 6.74. The highest BCUT2D eigenvalue weighted by Crippen LogP contribution is 2.68. The number of likely N-dealkylation sites (tertiary alicyclic amines) is 1. The summed E-state index contributed by atoms with van der Waals surface area (Å²) in [6, 6.07) is 17.8. The van der Waals surface area contributed by atoms with E-state index in [-0.39, 0.29) is 16.7 Å². The van der Waals surface area contributed by atoms with Gasteiger partial charge in [0.1, 0.15) is 4.99 Å². The molecule has 1 saturated heterocycles. The average molecular weight is 473 g/mol. The van der Waals surface area contributed by atoms with Gasteiger partial charge < -0.3 is 4.90 Å². The molecular formula is C30H36N2OS. The van der Waals surface area contributed by atoms with Crippen LogP contribution in [0.15, 0.2) is 65.9 Å². The predicted octanol–water partition coefficient (Wildman–Crippen LogP) is 7.17. The Morgan fingerprint density at radius 1 is 0.971 bits per heavy atom. The van der Waals surface area contributed by atoms with Crippen LogP contribution in [0.1, 0.15) is 68.8 Å². The van der Waals surface area contributed by atoms with Gasteiger partial charge in [0.15, 0.2) is 0 Å². The summed E-state index contributed by atoms with van der Waals surface area (Å²) in [4.78, 5) is 19.2. The van der Waals surface area contributed by atoms with Crippen LogP contribution in [0.3, 0.4) is 0 Å². The van der Waals surface area contributed by atoms with Crippen molar-refractivity contribution in [3.8, 4) is 0 Å². The molecule has 5 rings (SSSR count). The second kappa shape index (κ2) is 8.64. The van der Waals surface area contributed by atoms with Crippen LogP contribution in [-0.4, -0.2) is 28.9 Å². The van der Waals surface area contributed by atoms with Crippen LogP contribution in [-0.2, 0) is 0 Å². The predicted molar refractivity (Wildman–Crippen MR) is 144 cm³/mol. The number of para-hydroxylation sites is 1. The molecule has 3 nitrogen and oxygen atoms in total. The summed E-state index contributed by atoms with van der Waals surface area (Å²) in [6.45, 7) is 11.5. The first-order valence-electron chi connectivity index (χ1n) is 12.8. The van der Waals surface area contributed by atoms with Gasteiger partial charge in [-0.2, -0.15) is 0 Å². The molecule has 2 aliphatic carbocycles. The van der Waals surface area contributed by atoms with Crippen LogP contribution in [0.5, 0.6) is 0 Å². The van der Waals surface area contributed by atoms with E-state index in [4.69, 9.17) is 12.2 Å². The van der Waals surface area contributed by atoms with Gasteiger partial charge in [0.05, 0.1) is 5.69 Å². The molecule has 34 heavy (non-hydrogen) atoms. The SMILES string of the molecule is Cc1ccccc1C(=O)N(C(=S)C1=C(N2CCCCC2)C2(C)CCC1C2(C)C)c1ccccc1. The summed E-state index contributed by atoms with van der Waals surface area (Å²) in [5.74, 6) is 0.336. The molecule has 2 bridgehead atoms. The highest BCUT2D eigenvalue weighted by molar-refractivity contribution is 7.81. The van der Waals surface area contributed by atoms with E-state index in [1.807, 2.05) is 66.4 Å². The van der Waals surface area contributed by atoms with Gasteiger partial charge in [-0.15, -0.1) is 0 Å². The Bertz CT molecular complexity index is 1150. The molecule has 1 heterocycles. The molecule has 2 unspecified atom stereocenters. The third kappa shape index (κ3) is 3.45. The van der Waals surface area contributed by atoms with Crippen molar-refractivity contribution in [2.75, 3.05) is 18.0 Å². The molecular weight excluding hydrogens is 436 g/mol. The number of piperidine rings is 1. The first-order valence-corrected chi connectivity index (χ1v) is 13.2. The second-order valence-electron chi connectivity index (χ2n) is 11.1. The molecule has 2 aromatic carbocycles. The van der Waals surface area contributed by atoms with E-state index in [1.165, 1.54) is 37.0 Å². The smallest absolute Gasteiger partial charge is 0.263 e. The van der Waals surface area contributed by atoms with Crippen molar-refractivity contribution >= 4 is 28.8 Å². The van der Waals surface area contributed by atoms with Gasteiger partial charge >= 0.3 is 0 Å². The van der Waals surface area contributed by atoms with Crippen molar-refractivity contribution in [3.05, 3.63) is 77.0 Å². The maximum absolute atomic E-state index is 14.1. The summed E-state index contributed by atoms with van der Waals surface area (Å²) in [7, 11) is 0. The lowest BCUT2D eigenvalue weighted by molar-refractivity contribution is 0.100. The van der Waals surface area contributed by atoms with Crippen LogP contribution in [0.25, 0.3) is 0 Å². The Morgan fingerprint density at radius 2 is 1.62 bits per heavy atom. The molecule has 1 aliphatic heterocycles. The Morgan fingerprint density at radius 3 is 2.29 bits per heavy atom. The van der Waals surface area contributed by atoms with E-state index in [1.54, 1.807) is 0 Å².